The molecule has 8 nitrogen and oxygen atoms in total. The molecule has 0 bridgehead atoms. The van der Waals surface area contributed by atoms with Crippen molar-refractivity contribution >= 4 is 11.9 Å². The Bertz CT molecular complexity index is 945. The van der Waals surface area contributed by atoms with E-state index in [4.69, 9.17) is 9.47 Å². The zero-order valence-electron chi connectivity index (χ0n) is 17.7. The summed E-state index contributed by atoms with van der Waals surface area (Å²) < 4.78 is 11.0. The summed E-state index contributed by atoms with van der Waals surface area (Å²) in [6.45, 7) is 7.68. The first-order chi connectivity index (χ1) is 15.6. The molecular formula is C24H26N4O4. The summed E-state index contributed by atoms with van der Waals surface area (Å²) >= 11 is 0. The van der Waals surface area contributed by atoms with Crippen molar-refractivity contribution in [3.05, 3.63) is 97.1 Å². The number of hydrogen-bond acceptors (Lipinski definition) is 6. The number of esters is 2. The number of imidazole rings is 2. The van der Waals surface area contributed by atoms with Gasteiger partial charge in [-0.05, 0) is 25.0 Å². The van der Waals surface area contributed by atoms with Crippen molar-refractivity contribution in [3.63, 3.8) is 0 Å². The maximum Gasteiger partial charge on any atom is 0.339 e. The highest BCUT2D eigenvalue weighted by Crippen LogP contribution is 2.20. The topological polar surface area (TPSA) is 110 Å². The van der Waals surface area contributed by atoms with E-state index in [0.717, 1.165) is 0 Å². The number of aromatic nitrogens is 4. The van der Waals surface area contributed by atoms with Crippen LogP contribution in [0.3, 0.4) is 0 Å². The van der Waals surface area contributed by atoms with Crippen LogP contribution in [-0.4, -0.2) is 45.1 Å². The van der Waals surface area contributed by atoms with Gasteiger partial charge in [0.15, 0.2) is 0 Å². The van der Waals surface area contributed by atoms with Gasteiger partial charge >= 0.3 is 11.9 Å². The lowest BCUT2D eigenvalue weighted by Crippen LogP contribution is -2.19. The first-order valence-corrected chi connectivity index (χ1v) is 10.3. The summed E-state index contributed by atoms with van der Waals surface area (Å²) in [5, 5.41) is 0. The number of carbonyl (C=O) groups excluding carboxylic acids is 2. The molecule has 2 aromatic heterocycles. The molecule has 0 aliphatic carbocycles. The van der Waals surface area contributed by atoms with Gasteiger partial charge < -0.3 is 19.4 Å². The van der Waals surface area contributed by atoms with Gasteiger partial charge in [-0.2, -0.15) is 0 Å². The van der Waals surface area contributed by atoms with Gasteiger partial charge in [-0.3, -0.25) is 0 Å². The lowest BCUT2D eigenvalue weighted by molar-refractivity contribution is 0.0430. The molecule has 2 heterocycles. The summed E-state index contributed by atoms with van der Waals surface area (Å²) in [6.07, 6.45) is 11.4. The Labute approximate surface area is 186 Å². The summed E-state index contributed by atoms with van der Waals surface area (Å²) in [6, 6.07) is 6.43. The molecule has 0 saturated carbocycles. The van der Waals surface area contributed by atoms with Gasteiger partial charge in [-0.25, -0.2) is 19.6 Å². The Kier molecular flexibility index (Phi) is 8.14. The van der Waals surface area contributed by atoms with E-state index >= 15 is 0 Å². The molecule has 0 aliphatic heterocycles. The average molecular weight is 434 g/mol. The highest BCUT2D eigenvalue weighted by molar-refractivity contribution is 6.03. The van der Waals surface area contributed by atoms with Crippen molar-refractivity contribution in [1.82, 2.24) is 19.9 Å². The standard InChI is InChI=1S/C24H26N4O4/c1-3-7-17(21-25-11-12-26-21)15-31-23(29)19-9-5-6-10-20(19)24(30)32-16-18(8-4-2)22-27-13-14-28-22/h3-6,9-14,17-18H,1-2,7-8,15-16H2,(H,25,26)(H,27,28). The number of allylic oxidation sites excluding steroid dienone is 2. The zero-order valence-corrected chi connectivity index (χ0v) is 17.7. The summed E-state index contributed by atoms with van der Waals surface area (Å²) in [5.41, 5.74) is 0.292. The van der Waals surface area contributed by atoms with Crippen molar-refractivity contribution in [2.24, 2.45) is 0 Å². The molecule has 0 spiro atoms. The predicted molar refractivity (Wildman–Crippen MR) is 119 cm³/mol. The first-order valence-electron chi connectivity index (χ1n) is 10.3. The number of aromatic amines is 2. The van der Waals surface area contributed by atoms with E-state index in [1.54, 1.807) is 61.2 Å². The fraction of sp³-hybridized carbons (Fsp3) is 0.250. The van der Waals surface area contributed by atoms with Crippen LogP contribution in [-0.2, 0) is 9.47 Å². The second-order valence-corrected chi connectivity index (χ2v) is 7.13. The SMILES string of the molecule is C=CCC(COC(=O)c1ccccc1C(=O)OCC(CC=C)c1ncc[nH]1)c1ncc[nH]1. The Morgan fingerprint density at radius 1 is 0.844 bits per heavy atom. The van der Waals surface area contributed by atoms with E-state index in [0.29, 0.717) is 24.5 Å². The maximum absolute atomic E-state index is 12.8. The molecule has 8 heteroatoms. The lowest BCUT2D eigenvalue weighted by Gasteiger charge is -2.15. The van der Waals surface area contributed by atoms with Gasteiger partial charge in [0, 0.05) is 24.8 Å². The summed E-state index contributed by atoms with van der Waals surface area (Å²) in [4.78, 5) is 40.0. The third-order valence-electron chi connectivity index (χ3n) is 4.91. The highest BCUT2D eigenvalue weighted by atomic mass is 16.5. The van der Waals surface area contributed by atoms with Gasteiger partial charge in [-0.1, -0.05) is 24.3 Å². The number of H-pyrrole nitrogens is 2. The van der Waals surface area contributed by atoms with Crippen molar-refractivity contribution in [2.45, 2.75) is 24.7 Å². The van der Waals surface area contributed by atoms with Crippen molar-refractivity contribution in [1.29, 1.82) is 0 Å². The first kappa shape index (κ1) is 22.7. The highest BCUT2D eigenvalue weighted by Gasteiger charge is 2.23. The third-order valence-corrected chi connectivity index (χ3v) is 4.91. The molecule has 0 amide bonds. The van der Waals surface area contributed by atoms with Crippen LogP contribution in [0.2, 0.25) is 0 Å². The Morgan fingerprint density at radius 3 is 1.62 bits per heavy atom. The average Bonchev–Trinajstić information content (AvgIpc) is 3.53. The molecule has 0 fully saturated rings. The predicted octanol–water partition coefficient (Wildman–Crippen LogP) is 4.17. The smallest absolute Gasteiger partial charge is 0.339 e. The number of hydrogen-bond donors (Lipinski definition) is 2. The van der Waals surface area contributed by atoms with Crippen LogP contribution < -0.4 is 0 Å². The minimum absolute atomic E-state index is 0.0989. The van der Waals surface area contributed by atoms with Gasteiger partial charge in [-0.15, -0.1) is 13.2 Å². The molecule has 2 atom stereocenters. The number of carbonyl (C=O) groups is 2. The molecule has 166 valence electrons. The fourth-order valence-corrected chi connectivity index (χ4v) is 3.27. The molecule has 0 saturated heterocycles. The van der Waals surface area contributed by atoms with Crippen LogP contribution in [0.1, 0.15) is 57.0 Å². The minimum Gasteiger partial charge on any atom is -0.461 e. The van der Waals surface area contributed by atoms with Gasteiger partial charge in [0.2, 0.25) is 0 Å². The van der Waals surface area contributed by atoms with Gasteiger partial charge in [0.25, 0.3) is 0 Å². The molecule has 0 radical (unpaired) electrons. The molecule has 0 aliphatic rings. The second kappa shape index (κ2) is 11.5. The van der Waals surface area contributed by atoms with E-state index in [1.165, 1.54) is 0 Å². The second-order valence-electron chi connectivity index (χ2n) is 7.13. The Morgan fingerprint density at radius 2 is 1.28 bits per heavy atom. The number of nitrogens with one attached hydrogen (secondary N) is 2. The Hall–Kier alpha value is -3.94. The maximum atomic E-state index is 12.8. The summed E-state index contributed by atoms with van der Waals surface area (Å²) in [5.74, 6) is -0.108. The van der Waals surface area contributed by atoms with E-state index in [-0.39, 0.29) is 36.2 Å². The molecule has 32 heavy (non-hydrogen) atoms. The van der Waals surface area contributed by atoms with Crippen LogP contribution in [0.25, 0.3) is 0 Å². The normalized spacial score (nSPS) is 12.5. The van der Waals surface area contributed by atoms with Gasteiger partial charge in [0.05, 0.1) is 23.0 Å². The van der Waals surface area contributed by atoms with Crippen molar-refractivity contribution < 1.29 is 19.1 Å². The van der Waals surface area contributed by atoms with Gasteiger partial charge in [0.1, 0.15) is 24.9 Å². The van der Waals surface area contributed by atoms with E-state index in [2.05, 4.69) is 33.1 Å². The monoisotopic (exact) mass is 434 g/mol. The third kappa shape index (κ3) is 5.81. The van der Waals surface area contributed by atoms with Crippen molar-refractivity contribution in [3.8, 4) is 0 Å². The number of ether oxygens (including phenoxy) is 2. The Balaban J connectivity index is 1.66. The molecule has 2 unspecified atom stereocenters. The van der Waals surface area contributed by atoms with Crippen LogP contribution in [0, 0.1) is 0 Å². The van der Waals surface area contributed by atoms with E-state index < -0.39 is 11.9 Å². The van der Waals surface area contributed by atoms with Crippen molar-refractivity contribution in [2.75, 3.05) is 13.2 Å². The molecular weight excluding hydrogens is 408 g/mol. The van der Waals surface area contributed by atoms with Crippen LogP contribution in [0.15, 0.2) is 74.4 Å². The van der Waals surface area contributed by atoms with Crippen LogP contribution in [0.5, 0.6) is 0 Å². The van der Waals surface area contributed by atoms with Crippen LogP contribution in [0.4, 0.5) is 0 Å². The zero-order chi connectivity index (χ0) is 22.8. The lowest BCUT2D eigenvalue weighted by atomic mass is 10.1. The molecule has 2 N–H and O–H groups in total. The van der Waals surface area contributed by atoms with E-state index in [9.17, 15) is 9.59 Å². The number of benzene rings is 1. The number of rotatable bonds is 12. The number of nitrogens with zero attached hydrogens (tertiary/aromatic N) is 2. The van der Waals surface area contributed by atoms with E-state index in [1.807, 2.05) is 0 Å². The summed E-state index contributed by atoms with van der Waals surface area (Å²) in [7, 11) is 0. The fourth-order valence-electron chi connectivity index (χ4n) is 3.27. The largest absolute Gasteiger partial charge is 0.461 e. The molecule has 3 rings (SSSR count). The molecule has 3 aromatic rings. The molecule has 1 aromatic carbocycles. The van der Waals surface area contributed by atoms with Crippen LogP contribution >= 0.6 is 0 Å². The minimum atomic E-state index is -0.605. The quantitative estimate of drug-likeness (QED) is 0.327.